The highest BCUT2D eigenvalue weighted by Crippen LogP contribution is 2.45. The molecule has 2 rings (SSSR count). The monoisotopic (exact) mass is 318 g/mol. The van der Waals surface area contributed by atoms with Crippen molar-refractivity contribution in [3.05, 3.63) is 42.5 Å². The molecule has 0 unspecified atom stereocenters. The number of ether oxygens (including phenoxy) is 3. The third-order valence-electron chi connectivity index (χ3n) is 3.90. The van der Waals surface area contributed by atoms with Gasteiger partial charge in [-0.3, -0.25) is 4.79 Å². The summed E-state index contributed by atoms with van der Waals surface area (Å²) in [6.45, 7) is 5.70. The molecule has 0 spiro atoms. The van der Waals surface area contributed by atoms with Crippen LogP contribution in [0.4, 0.5) is 0 Å². The molecule has 1 aromatic rings. The SMILES string of the molecule is C=CCC[C@@H](C(=O)O)[C@H](/C=C/C)c1cc(OC)c2c(c1)OCO2. The Kier molecular flexibility index (Phi) is 5.68. The zero-order valence-electron chi connectivity index (χ0n) is 13.5. The maximum Gasteiger partial charge on any atom is 0.307 e. The van der Waals surface area contributed by atoms with Crippen LogP contribution >= 0.6 is 0 Å². The Hall–Kier alpha value is -2.43. The molecular formula is C18H22O5. The van der Waals surface area contributed by atoms with Gasteiger partial charge < -0.3 is 19.3 Å². The molecular weight excluding hydrogens is 296 g/mol. The Morgan fingerprint density at radius 3 is 2.87 bits per heavy atom. The minimum Gasteiger partial charge on any atom is -0.493 e. The van der Waals surface area contributed by atoms with E-state index in [9.17, 15) is 9.90 Å². The highest BCUT2D eigenvalue weighted by molar-refractivity contribution is 5.72. The lowest BCUT2D eigenvalue weighted by Crippen LogP contribution is -2.21. The summed E-state index contributed by atoms with van der Waals surface area (Å²) in [7, 11) is 1.55. The zero-order valence-corrected chi connectivity index (χ0v) is 13.5. The van der Waals surface area contributed by atoms with Gasteiger partial charge in [-0.1, -0.05) is 18.2 Å². The minimum absolute atomic E-state index is 0.141. The molecule has 0 radical (unpaired) electrons. The van der Waals surface area contributed by atoms with Crippen molar-refractivity contribution in [2.24, 2.45) is 5.92 Å². The number of aliphatic carboxylic acids is 1. The highest BCUT2D eigenvalue weighted by Gasteiger charge is 2.30. The van der Waals surface area contributed by atoms with Gasteiger partial charge in [0.2, 0.25) is 12.5 Å². The fourth-order valence-corrected chi connectivity index (χ4v) is 2.78. The molecule has 0 aromatic heterocycles. The molecule has 0 fully saturated rings. The first kappa shape index (κ1) is 16.9. The van der Waals surface area contributed by atoms with Crippen LogP contribution < -0.4 is 14.2 Å². The highest BCUT2D eigenvalue weighted by atomic mass is 16.7. The Labute approximate surface area is 136 Å². The topological polar surface area (TPSA) is 65.0 Å². The lowest BCUT2D eigenvalue weighted by molar-refractivity contribution is -0.142. The molecule has 0 amide bonds. The van der Waals surface area contributed by atoms with E-state index < -0.39 is 11.9 Å². The van der Waals surface area contributed by atoms with E-state index in [0.29, 0.717) is 30.1 Å². The molecule has 23 heavy (non-hydrogen) atoms. The fraction of sp³-hybridized carbons (Fsp3) is 0.389. The molecule has 5 heteroatoms. The van der Waals surface area contributed by atoms with Gasteiger partial charge in [0.1, 0.15) is 0 Å². The van der Waals surface area contributed by atoms with E-state index in [-0.39, 0.29) is 12.7 Å². The Balaban J connectivity index is 2.44. The van der Waals surface area contributed by atoms with Crippen LogP contribution in [0.2, 0.25) is 0 Å². The molecule has 5 nitrogen and oxygen atoms in total. The van der Waals surface area contributed by atoms with Gasteiger partial charge in [-0.2, -0.15) is 0 Å². The van der Waals surface area contributed by atoms with Gasteiger partial charge in [-0.25, -0.2) is 0 Å². The van der Waals surface area contributed by atoms with Gasteiger partial charge in [0.15, 0.2) is 11.5 Å². The summed E-state index contributed by atoms with van der Waals surface area (Å²) in [6, 6.07) is 3.65. The third kappa shape index (κ3) is 3.67. The zero-order chi connectivity index (χ0) is 16.8. The summed E-state index contributed by atoms with van der Waals surface area (Å²) in [5.74, 6) is 0.0502. The van der Waals surface area contributed by atoms with Crippen LogP contribution in [0.25, 0.3) is 0 Å². The first-order valence-corrected chi connectivity index (χ1v) is 7.56. The number of benzene rings is 1. The minimum atomic E-state index is -0.827. The molecule has 2 atom stereocenters. The van der Waals surface area contributed by atoms with Crippen molar-refractivity contribution in [3.8, 4) is 17.2 Å². The van der Waals surface area contributed by atoms with Crippen molar-refractivity contribution in [1.82, 2.24) is 0 Å². The van der Waals surface area contributed by atoms with E-state index in [1.54, 1.807) is 13.2 Å². The van der Waals surface area contributed by atoms with Gasteiger partial charge in [-0.15, -0.1) is 6.58 Å². The maximum absolute atomic E-state index is 11.7. The number of allylic oxidation sites excluding steroid dienone is 3. The number of fused-ring (bicyclic) bond motifs is 1. The van der Waals surface area contributed by atoms with Crippen molar-refractivity contribution in [2.75, 3.05) is 13.9 Å². The third-order valence-corrected chi connectivity index (χ3v) is 3.90. The van der Waals surface area contributed by atoms with Crippen LogP contribution in [0.3, 0.4) is 0 Å². The molecule has 124 valence electrons. The van der Waals surface area contributed by atoms with Crippen LogP contribution in [0, 0.1) is 5.92 Å². The maximum atomic E-state index is 11.7. The van der Waals surface area contributed by atoms with Crippen LogP contribution in [-0.4, -0.2) is 25.0 Å². The van der Waals surface area contributed by atoms with Crippen molar-refractivity contribution >= 4 is 5.97 Å². The second-order valence-electron chi connectivity index (χ2n) is 5.32. The van der Waals surface area contributed by atoms with Crippen molar-refractivity contribution in [3.63, 3.8) is 0 Å². The summed E-state index contributed by atoms with van der Waals surface area (Å²) >= 11 is 0. The molecule has 1 heterocycles. The van der Waals surface area contributed by atoms with Crippen molar-refractivity contribution in [1.29, 1.82) is 0 Å². The molecule has 0 saturated heterocycles. The van der Waals surface area contributed by atoms with E-state index in [4.69, 9.17) is 14.2 Å². The molecule has 1 aromatic carbocycles. The Bertz CT molecular complexity index is 606. The average Bonchev–Trinajstić information content (AvgIpc) is 3.01. The Morgan fingerprint density at radius 1 is 1.48 bits per heavy atom. The first-order valence-electron chi connectivity index (χ1n) is 7.56. The molecule has 0 aliphatic carbocycles. The summed E-state index contributed by atoms with van der Waals surface area (Å²) < 4.78 is 16.2. The van der Waals surface area contributed by atoms with E-state index >= 15 is 0 Å². The second-order valence-corrected chi connectivity index (χ2v) is 5.32. The number of rotatable bonds is 8. The number of carboxylic acids is 1. The van der Waals surface area contributed by atoms with Crippen LogP contribution in [0.15, 0.2) is 36.9 Å². The smallest absolute Gasteiger partial charge is 0.307 e. The first-order chi connectivity index (χ1) is 11.1. The second kappa shape index (κ2) is 7.72. The number of hydrogen-bond acceptors (Lipinski definition) is 4. The predicted molar refractivity (Wildman–Crippen MR) is 87.2 cm³/mol. The average molecular weight is 318 g/mol. The Morgan fingerprint density at radius 2 is 2.26 bits per heavy atom. The fourth-order valence-electron chi connectivity index (χ4n) is 2.78. The quantitative estimate of drug-likeness (QED) is 0.740. The number of carbonyl (C=O) groups is 1. The predicted octanol–water partition coefficient (Wildman–Crippen LogP) is 3.75. The number of methoxy groups -OCH3 is 1. The van der Waals surface area contributed by atoms with Gasteiger partial charge in [0, 0.05) is 5.92 Å². The van der Waals surface area contributed by atoms with Crippen LogP contribution in [0.5, 0.6) is 17.2 Å². The van der Waals surface area contributed by atoms with Crippen LogP contribution in [-0.2, 0) is 4.79 Å². The standard InChI is InChI=1S/C18H22O5/c1-4-6-8-14(18(19)20)13(7-5-2)12-9-15(21-3)17-16(10-12)22-11-23-17/h4-5,7,9-10,13-14H,1,6,8,11H2,2-3H3,(H,19,20)/b7-5+/t13-,14-/m1/s1. The summed E-state index contributed by atoms with van der Waals surface area (Å²) in [5, 5.41) is 9.62. The van der Waals surface area contributed by atoms with Crippen LogP contribution in [0.1, 0.15) is 31.2 Å². The molecule has 1 aliphatic rings. The number of carboxylic acid groups (broad SMARTS) is 1. The van der Waals surface area contributed by atoms with Crippen molar-refractivity contribution < 1.29 is 24.1 Å². The van der Waals surface area contributed by atoms with E-state index in [1.165, 1.54) is 0 Å². The van der Waals surface area contributed by atoms with Crippen molar-refractivity contribution in [2.45, 2.75) is 25.7 Å². The van der Waals surface area contributed by atoms with E-state index in [0.717, 1.165) is 5.56 Å². The number of hydrogen-bond donors (Lipinski definition) is 1. The summed E-state index contributed by atoms with van der Waals surface area (Å²) in [4.78, 5) is 11.7. The lowest BCUT2D eigenvalue weighted by Gasteiger charge is -2.22. The van der Waals surface area contributed by atoms with E-state index in [2.05, 4.69) is 6.58 Å². The van der Waals surface area contributed by atoms with Gasteiger partial charge in [-0.05, 0) is 37.5 Å². The largest absolute Gasteiger partial charge is 0.493 e. The summed E-state index contributed by atoms with van der Waals surface area (Å²) in [5.41, 5.74) is 0.834. The van der Waals surface area contributed by atoms with Gasteiger partial charge >= 0.3 is 5.97 Å². The molecule has 1 aliphatic heterocycles. The molecule has 1 N–H and O–H groups in total. The molecule has 0 saturated carbocycles. The normalized spacial score (nSPS) is 15.4. The molecule has 0 bridgehead atoms. The lowest BCUT2D eigenvalue weighted by atomic mass is 9.82. The van der Waals surface area contributed by atoms with Gasteiger partial charge in [0.25, 0.3) is 0 Å². The van der Waals surface area contributed by atoms with Gasteiger partial charge in [0.05, 0.1) is 13.0 Å². The van der Waals surface area contributed by atoms with E-state index in [1.807, 2.05) is 31.2 Å². The summed E-state index contributed by atoms with van der Waals surface area (Å²) in [6.07, 6.45) is 6.67.